The molecule has 0 spiro atoms. The molecular weight excluding hydrogens is 301 g/mol. The Hall–Kier alpha value is -1.26. The molecule has 0 atom stereocenters. The Balaban J connectivity index is 2.19. The van der Waals surface area contributed by atoms with Crippen molar-refractivity contribution in [1.82, 2.24) is 5.32 Å². The number of carboxylic acid groups (broad SMARTS) is 1. The Bertz CT molecular complexity index is 457. The molecule has 0 saturated heterocycles. The van der Waals surface area contributed by atoms with Gasteiger partial charge < -0.3 is 10.4 Å². The van der Waals surface area contributed by atoms with Crippen molar-refractivity contribution in [3.8, 4) is 0 Å². The number of unbranched alkanes of at least 4 members (excludes halogenated alkanes) is 1. The van der Waals surface area contributed by atoms with E-state index in [-0.39, 0.29) is 12.3 Å². The molecule has 0 aliphatic rings. The number of nitrogens with one attached hydrogen (secondary N) is 1. The van der Waals surface area contributed by atoms with Gasteiger partial charge in [-0.1, -0.05) is 23.2 Å². The second-order valence-electron chi connectivity index (χ2n) is 4.48. The van der Waals surface area contributed by atoms with Crippen molar-refractivity contribution >= 4 is 35.1 Å². The largest absolute Gasteiger partial charge is 0.481 e. The third kappa shape index (κ3) is 7.36. The average Bonchev–Trinajstić information content (AvgIpc) is 2.33. The van der Waals surface area contributed by atoms with Crippen molar-refractivity contribution in [2.24, 2.45) is 0 Å². The lowest BCUT2D eigenvalue weighted by atomic mass is 10.1. The molecule has 0 heterocycles. The highest BCUT2D eigenvalue weighted by molar-refractivity contribution is 6.34. The zero-order valence-electron chi connectivity index (χ0n) is 11.0. The molecule has 0 aliphatic carbocycles. The van der Waals surface area contributed by atoms with Crippen molar-refractivity contribution in [3.63, 3.8) is 0 Å². The minimum atomic E-state index is -0.830. The summed E-state index contributed by atoms with van der Waals surface area (Å²) in [5, 5.41) is 12.4. The van der Waals surface area contributed by atoms with Gasteiger partial charge >= 0.3 is 5.97 Å². The molecule has 1 rings (SSSR count). The van der Waals surface area contributed by atoms with E-state index in [0.29, 0.717) is 42.3 Å². The molecule has 1 aromatic rings. The first kappa shape index (κ1) is 16.8. The molecule has 0 aromatic heterocycles. The van der Waals surface area contributed by atoms with Crippen LogP contribution in [-0.2, 0) is 16.0 Å². The van der Waals surface area contributed by atoms with Crippen LogP contribution in [0.3, 0.4) is 0 Å². The first-order valence-corrected chi connectivity index (χ1v) is 7.16. The van der Waals surface area contributed by atoms with Crippen LogP contribution in [-0.4, -0.2) is 23.5 Å². The molecule has 20 heavy (non-hydrogen) atoms. The highest BCUT2D eigenvalue weighted by atomic mass is 35.5. The summed E-state index contributed by atoms with van der Waals surface area (Å²) in [4.78, 5) is 21.8. The van der Waals surface area contributed by atoms with Gasteiger partial charge in [0.15, 0.2) is 0 Å². The number of carbonyl (C=O) groups excluding carboxylic acids is 1. The number of carbonyl (C=O) groups is 2. The summed E-state index contributed by atoms with van der Waals surface area (Å²) in [6.07, 6.45) is 2.22. The fourth-order valence-corrected chi connectivity index (χ4v) is 2.32. The molecular formula is C14H17Cl2NO3. The van der Waals surface area contributed by atoms with Crippen LogP contribution in [0.2, 0.25) is 10.0 Å². The molecule has 2 N–H and O–H groups in total. The number of carboxylic acids is 1. The molecule has 0 bridgehead atoms. The summed E-state index contributed by atoms with van der Waals surface area (Å²) < 4.78 is 0. The van der Waals surface area contributed by atoms with Crippen LogP contribution < -0.4 is 5.32 Å². The number of hydrogen-bond donors (Lipinski definition) is 2. The number of aliphatic carboxylic acids is 1. The normalized spacial score (nSPS) is 10.3. The van der Waals surface area contributed by atoms with E-state index in [2.05, 4.69) is 5.32 Å². The molecule has 0 saturated carbocycles. The zero-order chi connectivity index (χ0) is 15.0. The molecule has 0 aliphatic heterocycles. The van der Waals surface area contributed by atoms with Crippen LogP contribution in [0.1, 0.15) is 31.2 Å². The minimum Gasteiger partial charge on any atom is -0.481 e. The van der Waals surface area contributed by atoms with Crippen LogP contribution in [0.25, 0.3) is 0 Å². The fourth-order valence-electron chi connectivity index (χ4n) is 1.75. The first-order chi connectivity index (χ1) is 9.47. The van der Waals surface area contributed by atoms with E-state index >= 15 is 0 Å². The van der Waals surface area contributed by atoms with Crippen LogP contribution in [0.4, 0.5) is 0 Å². The van der Waals surface area contributed by atoms with Crippen LogP contribution >= 0.6 is 23.2 Å². The van der Waals surface area contributed by atoms with E-state index in [1.54, 1.807) is 6.07 Å². The fraction of sp³-hybridized carbons (Fsp3) is 0.429. The summed E-state index contributed by atoms with van der Waals surface area (Å²) in [7, 11) is 0. The third-order valence-corrected chi connectivity index (χ3v) is 3.14. The molecule has 1 aromatic carbocycles. The number of amides is 1. The van der Waals surface area contributed by atoms with Crippen LogP contribution in [0.5, 0.6) is 0 Å². The second-order valence-corrected chi connectivity index (χ2v) is 5.35. The Morgan fingerprint density at radius 3 is 2.25 bits per heavy atom. The minimum absolute atomic E-state index is 0.0662. The van der Waals surface area contributed by atoms with E-state index in [1.165, 1.54) is 0 Å². The average molecular weight is 318 g/mol. The van der Waals surface area contributed by atoms with Gasteiger partial charge in [-0.25, -0.2) is 0 Å². The quantitative estimate of drug-likeness (QED) is 0.723. The molecule has 110 valence electrons. The van der Waals surface area contributed by atoms with Crippen molar-refractivity contribution in [1.29, 1.82) is 0 Å². The first-order valence-electron chi connectivity index (χ1n) is 6.41. The predicted molar refractivity (Wildman–Crippen MR) is 79.3 cm³/mol. The van der Waals surface area contributed by atoms with Gasteiger partial charge in [0.2, 0.25) is 5.91 Å². The van der Waals surface area contributed by atoms with Gasteiger partial charge in [-0.15, -0.1) is 0 Å². The molecule has 0 radical (unpaired) electrons. The van der Waals surface area contributed by atoms with Crippen molar-refractivity contribution in [2.75, 3.05) is 6.54 Å². The monoisotopic (exact) mass is 317 g/mol. The number of rotatable bonds is 8. The van der Waals surface area contributed by atoms with Gasteiger partial charge in [-0.2, -0.15) is 0 Å². The smallest absolute Gasteiger partial charge is 0.303 e. The molecule has 4 nitrogen and oxygen atoms in total. The maximum Gasteiger partial charge on any atom is 0.303 e. The topological polar surface area (TPSA) is 66.4 Å². The van der Waals surface area contributed by atoms with E-state index in [0.717, 1.165) is 5.56 Å². The van der Waals surface area contributed by atoms with Gasteiger partial charge in [0, 0.05) is 29.4 Å². The Morgan fingerprint density at radius 1 is 1.05 bits per heavy atom. The Kier molecular flexibility index (Phi) is 7.41. The summed E-state index contributed by atoms with van der Waals surface area (Å²) in [6, 6.07) is 5.28. The SMILES string of the molecule is O=C(O)CCCCC(=O)NCCc1cc(Cl)cc(Cl)c1. The Morgan fingerprint density at radius 2 is 1.65 bits per heavy atom. The summed E-state index contributed by atoms with van der Waals surface area (Å²) >= 11 is 11.8. The molecule has 1 amide bonds. The summed E-state index contributed by atoms with van der Waals surface area (Å²) in [5.74, 6) is -0.897. The van der Waals surface area contributed by atoms with Crippen molar-refractivity contribution in [2.45, 2.75) is 32.1 Å². The highest BCUT2D eigenvalue weighted by Crippen LogP contribution is 2.19. The zero-order valence-corrected chi connectivity index (χ0v) is 12.5. The lowest BCUT2D eigenvalue weighted by Crippen LogP contribution is -2.25. The number of halogens is 2. The predicted octanol–water partition coefficient (Wildman–Crippen LogP) is 3.30. The maximum atomic E-state index is 11.5. The third-order valence-electron chi connectivity index (χ3n) is 2.70. The van der Waals surface area contributed by atoms with E-state index in [1.807, 2.05) is 12.1 Å². The molecule has 0 fully saturated rings. The van der Waals surface area contributed by atoms with Gasteiger partial charge in [0.25, 0.3) is 0 Å². The van der Waals surface area contributed by atoms with Gasteiger partial charge in [0.05, 0.1) is 0 Å². The maximum absolute atomic E-state index is 11.5. The second kappa shape index (κ2) is 8.82. The van der Waals surface area contributed by atoms with E-state index in [4.69, 9.17) is 28.3 Å². The van der Waals surface area contributed by atoms with Gasteiger partial charge in [0.1, 0.15) is 0 Å². The van der Waals surface area contributed by atoms with Crippen LogP contribution in [0.15, 0.2) is 18.2 Å². The highest BCUT2D eigenvalue weighted by Gasteiger charge is 2.03. The molecule has 0 unspecified atom stereocenters. The summed E-state index contributed by atoms with van der Waals surface area (Å²) in [6.45, 7) is 0.508. The van der Waals surface area contributed by atoms with Gasteiger partial charge in [-0.05, 0) is 43.0 Å². The van der Waals surface area contributed by atoms with E-state index in [9.17, 15) is 9.59 Å². The Labute approximate surface area is 128 Å². The van der Waals surface area contributed by atoms with Crippen molar-refractivity contribution < 1.29 is 14.7 Å². The lowest BCUT2D eigenvalue weighted by molar-refractivity contribution is -0.137. The summed E-state index contributed by atoms with van der Waals surface area (Å²) in [5.41, 5.74) is 0.966. The van der Waals surface area contributed by atoms with Gasteiger partial charge in [-0.3, -0.25) is 9.59 Å². The number of benzene rings is 1. The standard InChI is InChI=1S/C14H17Cl2NO3/c15-11-7-10(8-12(16)9-11)5-6-17-13(18)3-1-2-4-14(19)20/h7-9H,1-6H2,(H,17,18)(H,19,20). The lowest BCUT2D eigenvalue weighted by Gasteiger charge is -2.06. The number of hydrogen-bond acceptors (Lipinski definition) is 2. The van der Waals surface area contributed by atoms with Crippen molar-refractivity contribution in [3.05, 3.63) is 33.8 Å². The van der Waals surface area contributed by atoms with E-state index < -0.39 is 5.97 Å². The molecule has 6 heteroatoms. The van der Waals surface area contributed by atoms with Crippen LogP contribution in [0, 0.1) is 0 Å².